The van der Waals surface area contributed by atoms with E-state index in [-0.39, 0.29) is 22.9 Å². The molecule has 0 radical (unpaired) electrons. The van der Waals surface area contributed by atoms with Gasteiger partial charge in [-0.05, 0) is 37.0 Å². The third-order valence-electron chi connectivity index (χ3n) is 3.86. The Morgan fingerprint density at radius 1 is 1.48 bits per heavy atom. The van der Waals surface area contributed by atoms with Gasteiger partial charge in [0.05, 0.1) is 11.7 Å². The molecule has 0 aliphatic heterocycles. The summed E-state index contributed by atoms with van der Waals surface area (Å²) in [5, 5.41) is 19.2. The Morgan fingerprint density at radius 3 is 2.76 bits per heavy atom. The van der Waals surface area contributed by atoms with Crippen LogP contribution in [-0.4, -0.2) is 37.5 Å². The van der Waals surface area contributed by atoms with Crippen LogP contribution >= 0.6 is 11.6 Å². The zero-order valence-electron chi connectivity index (χ0n) is 11.7. The average Bonchev–Trinajstić information content (AvgIpc) is 2.83. The first-order valence-electron chi connectivity index (χ1n) is 6.70. The van der Waals surface area contributed by atoms with Gasteiger partial charge in [0.2, 0.25) is 10.0 Å². The molecule has 0 aromatic heterocycles. The van der Waals surface area contributed by atoms with Crippen LogP contribution in [0.5, 0.6) is 0 Å². The smallest absolute Gasteiger partial charge is 0.244 e. The van der Waals surface area contributed by atoms with Gasteiger partial charge >= 0.3 is 0 Å². The maximum Gasteiger partial charge on any atom is 0.244 e. The molecule has 21 heavy (non-hydrogen) atoms. The molecule has 1 aliphatic rings. The number of halogens is 1. The summed E-state index contributed by atoms with van der Waals surface area (Å²) in [6.45, 7) is 0.247. The van der Waals surface area contributed by atoms with E-state index in [2.05, 4.69) is 0 Å². The van der Waals surface area contributed by atoms with Gasteiger partial charge in [0.15, 0.2) is 0 Å². The highest BCUT2D eigenvalue weighted by molar-refractivity contribution is 7.89. The van der Waals surface area contributed by atoms with Crippen molar-refractivity contribution in [3.63, 3.8) is 0 Å². The van der Waals surface area contributed by atoms with Crippen molar-refractivity contribution in [2.24, 2.45) is 5.92 Å². The Bertz CT molecular complexity index is 669. The van der Waals surface area contributed by atoms with E-state index in [4.69, 9.17) is 16.9 Å². The lowest BCUT2D eigenvalue weighted by Crippen LogP contribution is -2.34. The minimum atomic E-state index is -3.77. The predicted octanol–water partition coefficient (Wildman–Crippen LogP) is 1.99. The van der Waals surface area contributed by atoms with Gasteiger partial charge in [0.1, 0.15) is 11.0 Å². The molecule has 1 aromatic rings. The van der Waals surface area contributed by atoms with E-state index in [1.165, 1.54) is 29.6 Å². The SMILES string of the molecule is CN(CC1CCCC1O)S(=O)(=O)c1ccc(Cl)cc1C#N. The lowest BCUT2D eigenvalue weighted by molar-refractivity contribution is 0.123. The highest BCUT2D eigenvalue weighted by Crippen LogP contribution is 2.28. The molecule has 0 heterocycles. The van der Waals surface area contributed by atoms with Crippen LogP contribution in [0.2, 0.25) is 5.02 Å². The van der Waals surface area contributed by atoms with E-state index in [0.717, 1.165) is 12.8 Å². The second kappa shape index (κ2) is 6.32. The van der Waals surface area contributed by atoms with Gasteiger partial charge in [-0.2, -0.15) is 5.26 Å². The monoisotopic (exact) mass is 328 g/mol. The van der Waals surface area contributed by atoms with E-state index in [1.54, 1.807) is 0 Å². The number of aliphatic hydroxyl groups excluding tert-OH is 1. The summed E-state index contributed by atoms with van der Waals surface area (Å²) >= 11 is 5.79. The number of rotatable bonds is 4. The number of hydrogen-bond acceptors (Lipinski definition) is 4. The average molecular weight is 329 g/mol. The van der Waals surface area contributed by atoms with Gasteiger partial charge in [-0.1, -0.05) is 18.0 Å². The van der Waals surface area contributed by atoms with E-state index < -0.39 is 16.1 Å². The number of benzene rings is 1. The molecule has 0 bridgehead atoms. The first-order valence-corrected chi connectivity index (χ1v) is 8.52. The fraction of sp³-hybridized carbons (Fsp3) is 0.500. The molecule has 1 aromatic carbocycles. The standard InChI is InChI=1S/C14H17ClN2O3S/c1-17(9-10-3-2-4-13(10)18)21(19,20)14-6-5-12(15)7-11(14)8-16/h5-7,10,13,18H,2-4,9H2,1H3. The molecule has 5 nitrogen and oxygen atoms in total. The van der Waals surface area contributed by atoms with Crippen molar-refractivity contribution in [2.45, 2.75) is 30.3 Å². The first kappa shape index (κ1) is 16.2. The second-order valence-corrected chi connectivity index (χ2v) is 7.75. The maximum absolute atomic E-state index is 12.6. The van der Waals surface area contributed by atoms with E-state index in [0.29, 0.717) is 11.4 Å². The van der Waals surface area contributed by atoms with Crippen molar-refractivity contribution in [1.82, 2.24) is 4.31 Å². The molecule has 0 spiro atoms. The van der Waals surface area contributed by atoms with Crippen LogP contribution in [0.25, 0.3) is 0 Å². The third kappa shape index (κ3) is 3.38. The third-order valence-corrected chi connectivity index (χ3v) is 5.98. The highest BCUT2D eigenvalue weighted by atomic mass is 35.5. The van der Waals surface area contributed by atoms with E-state index in [9.17, 15) is 13.5 Å². The fourth-order valence-electron chi connectivity index (χ4n) is 2.64. The Kier molecular flexibility index (Phi) is 4.89. The summed E-state index contributed by atoms with van der Waals surface area (Å²) in [6.07, 6.45) is 1.98. The number of nitriles is 1. The predicted molar refractivity (Wildman–Crippen MR) is 79.3 cm³/mol. The van der Waals surface area contributed by atoms with Crippen LogP contribution in [0.15, 0.2) is 23.1 Å². The molecule has 2 rings (SSSR count). The van der Waals surface area contributed by atoms with E-state index >= 15 is 0 Å². The van der Waals surface area contributed by atoms with Crippen molar-refractivity contribution in [2.75, 3.05) is 13.6 Å². The quantitative estimate of drug-likeness (QED) is 0.916. The van der Waals surface area contributed by atoms with Gasteiger partial charge in [-0.15, -0.1) is 0 Å². The molecule has 0 saturated heterocycles. The lowest BCUT2D eigenvalue weighted by atomic mass is 10.1. The van der Waals surface area contributed by atoms with Crippen molar-refractivity contribution < 1.29 is 13.5 Å². The fourth-order valence-corrected chi connectivity index (χ4v) is 4.16. The van der Waals surface area contributed by atoms with Gasteiger partial charge in [-0.3, -0.25) is 0 Å². The molecule has 1 N–H and O–H groups in total. The van der Waals surface area contributed by atoms with Gasteiger partial charge < -0.3 is 5.11 Å². The Labute approximate surface area is 129 Å². The maximum atomic E-state index is 12.6. The van der Waals surface area contributed by atoms with Crippen LogP contribution < -0.4 is 0 Å². The number of sulfonamides is 1. The van der Waals surface area contributed by atoms with Crippen LogP contribution in [-0.2, 0) is 10.0 Å². The number of nitrogens with zero attached hydrogens (tertiary/aromatic N) is 2. The summed E-state index contributed by atoms with van der Waals surface area (Å²) in [5.41, 5.74) is 0.0290. The zero-order valence-corrected chi connectivity index (χ0v) is 13.2. The second-order valence-electron chi connectivity index (χ2n) is 5.30. The number of aliphatic hydroxyl groups is 1. The molecule has 2 unspecified atom stereocenters. The summed E-state index contributed by atoms with van der Waals surface area (Å²) < 4.78 is 26.3. The van der Waals surface area contributed by atoms with Gasteiger partial charge in [-0.25, -0.2) is 12.7 Å². The Morgan fingerprint density at radius 2 is 2.19 bits per heavy atom. The lowest BCUT2D eigenvalue weighted by Gasteiger charge is -2.23. The summed E-state index contributed by atoms with van der Waals surface area (Å²) in [7, 11) is -2.30. The van der Waals surface area contributed by atoms with Crippen LogP contribution in [0, 0.1) is 17.2 Å². The highest BCUT2D eigenvalue weighted by Gasteiger charge is 2.31. The molecule has 7 heteroatoms. The van der Waals surface area contributed by atoms with Crippen molar-refractivity contribution in [1.29, 1.82) is 5.26 Å². The first-order chi connectivity index (χ1) is 9.86. The van der Waals surface area contributed by atoms with E-state index in [1.807, 2.05) is 6.07 Å². The minimum Gasteiger partial charge on any atom is -0.393 e. The number of hydrogen-bond donors (Lipinski definition) is 1. The van der Waals surface area contributed by atoms with Crippen LogP contribution in [0.3, 0.4) is 0 Å². The molecule has 114 valence electrons. The topological polar surface area (TPSA) is 81.4 Å². The van der Waals surface area contributed by atoms with Gasteiger partial charge in [0, 0.05) is 18.6 Å². The largest absolute Gasteiger partial charge is 0.393 e. The minimum absolute atomic E-state index is 0.0290. The summed E-state index contributed by atoms with van der Waals surface area (Å²) in [5.74, 6) is -0.0531. The molecule has 1 aliphatic carbocycles. The Hall–Kier alpha value is -1.13. The van der Waals surface area contributed by atoms with Crippen molar-refractivity contribution in [3.05, 3.63) is 28.8 Å². The molecule has 2 atom stereocenters. The van der Waals surface area contributed by atoms with Gasteiger partial charge in [0.25, 0.3) is 0 Å². The molecule has 0 amide bonds. The van der Waals surface area contributed by atoms with Crippen LogP contribution in [0.4, 0.5) is 0 Å². The Balaban J connectivity index is 2.27. The summed E-state index contributed by atoms with van der Waals surface area (Å²) in [4.78, 5) is -0.0515. The molecular formula is C14H17ClN2O3S. The van der Waals surface area contributed by atoms with Crippen molar-refractivity contribution >= 4 is 21.6 Å². The molecular weight excluding hydrogens is 312 g/mol. The van der Waals surface area contributed by atoms with Crippen LogP contribution in [0.1, 0.15) is 24.8 Å². The molecule has 1 saturated carbocycles. The molecule has 1 fully saturated rings. The van der Waals surface area contributed by atoms with Crippen molar-refractivity contribution in [3.8, 4) is 6.07 Å². The zero-order chi connectivity index (χ0) is 15.6. The normalized spacial score (nSPS) is 22.4. The summed E-state index contributed by atoms with van der Waals surface area (Å²) in [6, 6.07) is 6.00.